The van der Waals surface area contributed by atoms with E-state index in [9.17, 15) is 14.9 Å². The average molecular weight is 415 g/mol. The molecular weight excluding hydrogens is 406 g/mol. The summed E-state index contributed by atoms with van der Waals surface area (Å²) in [5.74, 6) is -0.546. The molecule has 0 aliphatic heterocycles. The van der Waals surface area contributed by atoms with Crippen LogP contribution in [-0.4, -0.2) is 10.9 Å². The minimum absolute atomic E-state index is 0.0688. The summed E-state index contributed by atoms with van der Waals surface area (Å²) >= 11 is 6.56. The van der Waals surface area contributed by atoms with Crippen molar-refractivity contribution in [1.82, 2.24) is 0 Å². The largest absolute Gasteiger partial charge is 0.457 e. The van der Waals surface area contributed by atoms with E-state index in [4.69, 9.17) is 4.74 Å². The fraction of sp³-hybridized carbons (Fsp3) is 0.0714. The summed E-state index contributed by atoms with van der Waals surface area (Å²) in [5, 5.41) is 10.9. The Kier molecular flexibility index (Phi) is 5.08. The number of rotatable bonds is 4. The molecule has 21 heavy (non-hydrogen) atoms. The monoisotopic (exact) mass is 413 g/mol. The van der Waals surface area contributed by atoms with Crippen molar-refractivity contribution in [1.29, 1.82) is 0 Å². The van der Waals surface area contributed by atoms with Gasteiger partial charge < -0.3 is 4.74 Å². The number of carbonyl (C=O) groups excluding carboxylic acids is 1. The van der Waals surface area contributed by atoms with Crippen LogP contribution in [0.1, 0.15) is 15.9 Å². The number of halogens is 2. The van der Waals surface area contributed by atoms with Crippen LogP contribution in [0.5, 0.6) is 0 Å². The summed E-state index contributed by atoms with van der Waals surface area (Å²) in [7, 11) is 0. The van der Waals surface area contributed by atoms with Crippen molar-refractivity contribution in [2.24, 2.45) is 0 Å². The van der Waals surface area contributed by atoms with Crippen LogP contribution in [0.15, 0.2) is 51.4 Å². The van der Waals surface area contributed by atoms with Gasteiger partial charge in [-0.1, -0.05) is 44.0 Å². The summed E-state index contributed by atoms with van der Waals surface area (Å²) < 4.78 is 6.59. The predicted molar refractivity (Wildman–Crippen MR) is 84.1 cm³/mol. The van der Waals surface area contributed by atoms with E-state index in [1.807, 2.05) is 0 Å². The maximum Gasteiger partial charge on any atom is 0.338 e. The molecule has 0 saturated carbocycles. The molecule has 0 heterocycles. The lowest BCUT2D eigenvalue weighted by Crippen LogP contribution is -2.06. The van der Waals surface area contributed by atoms with Crippen LogP contribution < -0.4 is 0 Å². The van der Waals surface area contributed by atoms with Crippen LogP contribution in [0.25, 0.3) is 0 Å². The van der Waals surface area contributed by atoms with Gasteiger partial charge >= 0.3 is 5.97 Å². The zero-order valence-corrected chi connectivity index (χ0v) is 13.8. The normalized spacial score (nSPS) is 10.2. The number of nitro groups is 1. The number of ether oxygens (including phenoxy) is 1. The molecule has 0 unspecified atom stereocenters. The summed E-state index contributed by atoms with van der Waals surface area (Å²) in [5.41, 5.74) is 0.639. The molecule has 0 aliphatic rings. The van der Waals surface area contributed by atoms with E-state index in [0.717, 1.165) is 8.95 Å². The zero-order chi connectivity index (χ0) is 15.4. The molecule has 0 atom stereocenters. The Balaban J connectivity index is 2.13. The molecule has 0 spiro atoms. The smallest absolute Gasteiger partial charge is 0.338 e. The number of nitrogens with zero attached hydrogens (tertiary/aromatic N) is 1. The topological polar surface area (TPSA) is 69.4 Å². The molecule has 0 bridgehead atoms. The van der Waals surface area contributed by atoms with Crippen LogP contribution in [0.2, 0.25) is 0 Å². The molecule has 2 aromatic carbocycles. The van der Waals surface area contributed by atoms with Gasteiger partial charge in [-0.15, -0.1) is 0 Å². The van der Waals surface area contributed by atoms with Crippen molar-refractivity contribution in [3.8, 4) is 0 Å². The van der Waals surface area contributed by atoms with Crippen LogP contribution >= 0.6 is 31.9 Å². The average Bonchev–Trinajstić information content (AvgIpc) is 2.43. The van der Waals surface area contributed by atoms with Crippen LogP contribution in [0.4, 0.5) is 5.69 Å². The second kappa shape index (κ2) is 6.82. The Labute approximate surface area is 137 Å². The van der Waals surface area contributed by atoms with Gasteiger partial charge in [0.05, 0.1) is 16.1 Å². The first-order valence-electron chi connectivity index (χ1n) is 5.83. The Morgan fingerprint density at radius 1 is 1.14 bits per heavy atom. The summed E-state index contributed by atoms with van der Waals surface area (Å²) in [6.45, 7) is -0.153. The molecule has 2 rings (SSSR count). The summed E-state index contributed by atoms with van der Waals surface area (Å²) in [4.78, 5) is 22.3. The molecule has 7 heteroatoms. The Morgan fingerprint density at radius 3 is 2.38 bits per heavy atom. The molecule has 0 saturated heterocycles. The van der Waals surface area contributed by atoms with Gasteiger partial charge in [0, 0.05) is 15.0 Å². The van der Waals surface area contributed by atoms with Crippen molar-refractivity contribution in [3.63, 3.8) is 0 Å². The number of carbonyl (C=O) groups is 1. The van der Waals surface area contributed by atoms with Gasteiger partial charge in [-0.05, 0) is 24.3 Å². The highest BCUT2D eigenvalue weighted by Gasteiger charge is 2.15. The van der Waals surface area contributed by atoms with E-state index < -0.39 is 10.9 Å². The number of hydrogen-bond donors (Lipinski definition) is 0. The lowest BCUT2D eigenvalue weighted by atomic mass is 10.2. The van der Waals surface area contributed by atoms with Crippen molar-refractivity contribution in [2.45, 2.75) is 6.61 Å². The number of esters is 1. The molecule has 108 valence electrons. The fourth-order valence-electron chi connectivity index (χ4n) is 1.71. The molecular formula is C14H9Br2NO4. The van der Waals surface area contributed by atoms with Crippen molar-refractivity contribution >= 4 is 43.5 Å². The van der Waals surface area contributed by atoms with Gasteiger partial charge in [-0.3, -0.25) is 10.1 Å². The van der Waals surface area contributed by atoms with Crippen molar-refractivity contribution < 1.29 is 14.5 Å². The Hall–Kier alpha value is -1.73. The van der Waals surface area contributed by atoms with Crippen LogP contribution in [-0.2, 0) is 11.3 Å². The van der Waals surface area contributed by atoms with Crippen molar-refractivity contribution in [2.75, 3.05) is 0 Å². The summed E-state index contributed by atoms with van der Waals surface area (Å²) in [6.07, 6.45) is 0. The predicted octanol–water partition coefficient (Wildman–Crippen LogP) is 4.48. The molecule has 0 radical (unpaired) electrons. The third-order valence-corrected chi connectivity index (χ3v) is 3.56. The Bertz CT molecular complexity index is 683. The first-order chi connectivity index (χ1) is 9.97. The van der Waals surface area contributed by atoms with Gasteiger partial charge in [-0.25, -0.2) is 4.79 Å². The molecule has 0 aliphatic carbocycles. The van der Waals surface area contributed by atoms with Crippen LogP contribution in [0.3, 0.4) is 0 Å². The highest BCUT2D eigenvalue weighted by atomic mass is 79.9. The first-order valence-corrected chi connectivity index (χ1v) is 7.41. The van der Waals surface area contributed by atoms with Gasteiger partial charge in [0.1, 0.15) is 6.61 Å². The lowest BCUT2D eigenvalue weighted by Gasteiger charge is -2.06. The van der Waals surface area contributed by atoms with Crippen molar-refractivity contribution in [3.05, 3.63) is 72.7 Å². The highest BCUT2D eigenvalue weighted by Crippen LogP contribution is 2.22. The molecule has 0 aromatic heterocycles. The maximum absolute atomic E-state index is 12.0. The minimum atomic E-state index is -0.546. The van der Waals surface area contributed by atoms with E-state index in [-0.39, 0.29) is 12.3 Å². The highest BCUT2D eigenvalue weighted by molar-refractivity contribution is 9.11. The van der Waals surface area contributed by atoms with E-state index in [1.165, 1.54) is 6.07 Å². The second-order valence-corrected chi connectivity index (χ2v) is 5.95. The van der Waals surface area contributed by atoms with E-state index in [2.05, 4.69) is 31.9 Å². The van der Waals surface area contributed by atoms with Crippen LogP contribution in [0, 0.1) is 10.1 Å². The van der Waals surface area contributed by atoms with E-state index in [1.54, 1.807) is 36.4 Å². The SMILES string of the molecule is O=C(OCc1ccccc1[N+](=O)[O-])c1cc(Br)cc(Br)c1. The third kappa shape index (κ3) is 4.12. The quantitative estimate of drug-likeness (QED) is 0.420. The zero-order valence-electron chi connectivity index (χ0n) is 10.6. The molecule has 0 N–H and O–H groups in total. The minimum Gasteiger partial charge on any atom is -0.457 e. The maximum atomic E-state index is 12.0. The van der Waals surface area contributed by atoms with Gasteiger partial charge in [0.25, 0.3) is 5.69 Å². The second-order valence-electron chi connectivity index (χ2n) is 4.12. The Morgan fingerprint density at radius 2 is 1.76 bits per heavy atom. The molecule has 2 aromatic rings. The molecule has 5 nitrogen and oxygen atoms in total. The summed E-state index contributed by atoms with van der Waals surface area (Å²) in [6, 6.07) is 11.2. The third-order valence-electron chi connectivity index (χ3n) is 2.65. The number of benzene rings is 2. The number of nitro benzene ring substituents is 1. The standard InChI is InChI=1S/C14H9Br2NO4/c15-11-5-10(6-12(16)7-11)14(18)21-8-9-3-1-2-4-13(9)17(19)20/h1-7H,8H2. The van der Waals surface area contributed by atoms with E-state index >= 15 is 0 Å². The lowest BCUT2D eigenvalue weighted by molar-refractivity contribution is -0.385. The number of para-hydroxylation sites is 1. The van der Waals surface area contributed by atoms with Gasteiger partial charge in [0.15, 0.2) is 0 Å². The van der Waals surface area contributed by atoms with Gasteiger partial charge in [-0.2, -0.15) is 0 Å². The first kappa shape index (κ1) is 15.7. The van der Waals surface area contributed by atoms with Gasteiger partial charge in [0.2, 0.25) is 0 Å². The van der Waals surface area contributed by atoms with E-state index in [0.29, 0.717) is 11.1 Å². The molecule has 0 fully saturated rings. The molecule has 0 amide bonds. The fourth-order valence-corrected chi connectivity index (χ4v) is 3.00. The number of hydrogen-bond acceptors (Lipinski definition) is 4.